The molecule has 12 rings (SSSR count). The van der Waals surface area contributed by atoms with Crippen LogP contribution in [0.2, 0.25) is 0 Å². The molecule has 4 aromatic carbocycles. The average molecular weight is 1290 g/mol. The number of nitrogens with one attached hydrogen (secondary N) is 3. The Morgan fingerprint density at radius 3 is 2.18 bits per heavy atom. The molecule has 4 aliphatic heterocycles. The summed E-state index contributed by atoms with van der Waals surface area (Å²) in [6.45, 7) is 12.6. The molecule has 3 saturated heterocycles. The minimum atomic E-state index is -6.14. The zero-order valence-corrected chi connectivity index (χ0v) is 52.4. The van der Waals surface area contributed by atoms with Crippen LogP contribution < -0.4 is 20.3 Å². The lowest BCUT2D eigenvalue weighted by Crippen LogP contribution is -2.66. The number of piperazine rings is 2. The van der Waals surface area contributed by atoms with E-state index in [9.17, 15) is 58.0 Å². The number of hydrogen-bond acceptors (Lipinski definition) is 14. The number of fused-ring (bicyclic) bond motifs is 1. The van der Waals surface area contributed by atoms with Gasteiger partial charge in [-0.25, -0.2) is 30.3 Å². The van der Waals surface area contributed by atoms with Crippen molar-refractivity contribution in [3.63, 3.8) is 0 Å². The summed E-state index contributed by atoms with van der Waals surface area (Å²) in [4.78, 5) is 60.4. The lowest BCUT2D eigenvalue weighted by Gasteiger charge is -2.72. The monoisotopic (exact) mass is 1290 g/mol. The summed E-state index contributed by atoms with van der Waals surface area (Å²) in [7, 11) is -11.1. The smallest absolute Gasteiger partial charge is 0.380 e. The molecular formula is C65H75F5N8O8S3. The van der Waals surface area contributed by atoms with E-state index in [0.717, 1.165) is 98.8 Å². The molecule has 476 valence electrons. The third-order valence-corrected chi connectivity index (χ3v) is 23.1. The Labute approximate surface area is 521 Å². The van der Waals surface area contributed by atoms with Crippen molar-refractivity contribution < 1.29 is 58.0 Å². The normalized spacial score (nSPS) is 23.7. The number of hydrogen-bond donors (Lipinski definition) is 3. The number of amides is 4. The van der Waals surface area contributed by atoms with Crippen LogP contribution in [0.3, 0.4) is 0 Å². The lowest BCUT2D eigenvalue weighted by molar-refractivity contribution is -0.250. The zero-order valence-electron chi connectivity index (χ0n) is 50.0. The van der Waals surface area contributed by atoms with Crippen molar-refractivity contribution in [2.75, 3.05) is 88.0 Å². The molecule has 0 radical (unpaired) electrons. The van der Waals surface area contributed by atoms with Crippen LogP contribution in [-0.4, -0.2) is 162 Å². The molecule has 4 amide bonds. The van der Waals surface area contributed by atoms with E-state index < -0.39 is 76.6 Å². The summed E-state index contributed by atoms with van der Waals surface area (Å²) in [5.41, 5.74) is -1.40. The highest BCUT2D eigenvalue weighted by Crippen LogP contribution is 2.79. The summed E-state index contributed by atoms with van der Waals surface area (Å²) < 4.78 is 127. The van der Waals surface area contributed by atoms with E-state index in [1.165, 1.54) is 39.9 Å². The van der Waals surface area contributed by atoms with E-state index >= 15 is 0 Å². The number of rotatable bonds is 21. The van der Waals surface area contributed by atoms with Gasteiger partial charge in [0.25, 0.3) is 31.7 Å². The first-order chi connectivity index (χ1) is 42.3. The van der Waals surface area contributed by atoms with Crippen LogP contribution in [0.5, 0.6) is 0 Å². The fraction of sp³-hybridized carbons (Fsp3) is 0.508. The summed E-state index contributed by atoms with van der Waals surface area (Å²) in [5.74, 6) is 4.64. The van der Waals surface area contributed by atoms with Gasteiger partial charge >= 0.3 is 5.51 Å². The molecule has 8 aliphatic rings. The minimum absolute atomic E-state index is 0.0440. The SMILES string of the molecule is CC1(C)CCC(CN2CCN(c3ccc(C(=O)NS(=O)(=O)c4ccc(N[C@H](CCN5CCN(CCCC#Cc6cccc7c6CN(C6CCC(=O)NC6=O)C7=O)CC5)CSc5ccccc5)c(S(=O)(=O)C(F)(F)F)c4)cc3)CC2)=C(C23CC(C(F)F)(C2)C3)C1. The van der Waals surface area contributed by atoms with Gasteiger partial charge in [-0.15, -0.1) is 11.8 Å². The van der Waals surface area contributed by atoms with Crippen LogP contribution in [0.4, 0.5) is 33.3 Å². The van der Waals surface area contributed by atoms with Crippen molar-refractivity contribution in [1.82, 2.24) is 29.6 Å². The predicted octanol–water partition coefficient (Wildman–Crippen LogP) is 9.34. The van der Waals surface area contributed by atoms with Gasteiger partial charge in [0.15, 0.2) is 0 Å². The Kier molecular flexibility index (Phi) is 18.6. The Bertz CT molecular complexity index is 3670. The summed E-state index contributed by atoms with van der Waals surface area (Å²) in [6, 6.07) is 22.1. The van der Waals surface area contributed by atoms with Gasteiger partial charge < -0.3 is 24.9 Å². The molecule has 4 aromatic rings. The second-order valence-corrected chi connectivity index (χ2v) is 30.5. The Morgan fingerprint density at radius 1 is 0.820 bits per heavy atom. The first kappa shape index (κ1) is 64.2. The fourth-order valence-corrected chi connectivity index (χ4v) is 17.1. The van der Waals surface area contributed by atoms with Gasteiger partial charge in [0.1, 0.15) is 10.9 Å². The molecule has 16 nitrogen and oxygen atoms in total. The number of benzene rings is 4. The fourth-order valence-electron chi connectivity index (χ4n) is 14.1. The number of allylic oxidation sites excluding steroid dienone is 1. The standard InChI is InChI=1S/C65H75F5N8O8S3/c1-62(2)25-23-46(53(37-62)63-41-64(42-63,43-63)61(66)67)38-76-32-34-77(35-33-76)48-17-15-45(16-18-48)58(80)73-89(85,86)50-19-20-54(56(36-50)88(83,84)65(68,69)70)71-47(40-87-49-12-6-3-7-13-49)24-27-75-30-28-74(29-31-75)26-8-4-5-10-44-11-9-14-51-52(44)39-78(60(51)82)55-21-22-57(79)72-59(55)81/h3,6-7,9,11-20,36,47,55,61,71H,4,8,21-35,37-43H2,1-2H3,(H,73,80)(H,72,79,81)/t47-,55?,63?,64?/m1/s1. The minimum Gasteiger partial charge on any atom is -0.380 e. The number of alkyl halides is 5. The van der Waals surface area contributed by atoms with Crippen molar-refractivity contribution in [3.8, 4) is 11.8 Å². The Morgan fingerprint density at radius 2 is 1.51 bits per heavy atom. The van der Waals surface area contributed by atoms with Gasteiger partial charge in [-0.2, -0.15) is 13.2 Å². The average Bonchev–Trinajstić information content (AvgIpc) is 0.869. The molecule has 1 unspecified atom stereocenters. The zero-order chi connectivity index (χ0) is 63.1. The maximum atomic E-state index is 14.5. The Balaban J connectivity index is 0.685. The van der Waals surface area contributed by atoms with E-state index in [4.69, 9.17) is 0 Å². The highest BCUT2D eigenvalue weighted by Gasteiger charge is 2.73. The van der Waals surface area contributed by atoms with Crippen molar-refractivity contribution >= 4 is 66.6 Å². The van der Waals surface area contributed by atoms with Gasteiger partial charge in [-0.05, 0) is 147 Å². The van der Waals surface area contributed by atoms with Gasteiger partial charge in [-0.3, -0.25) is 29.4 Å². The molecule has 2 atom stereocenters. The largest absolute Gasteiger partial charge is 0.501 e. The van der Waals surface area contributed by atoms with E-state index in [2.05, 4.69) is 55.9 Å². The molecule has 4 heterocycles. The molecule has 89 heavy (non-hydrogen) atoms. The van der Waals surface area contributed by atoms with E-state index in [1.807, 2.05) is 41.1 Å². The third kappa shape index (κ3) is 14.0. The second kappa shape index (κ2) is 25.7. The highest BCUT2D eigenvalue weighted by molar-refractivity contribution is 7.99. The van der Waals surface area contributed by atoms with E-state index in [0.29, 0.717) is 82.2 Å². The van der Waals surface area contributed by atoms with E-state index in [1.54, 1.807) is 24.3 Å². The number of imide groups is 1. The molecule has 6 fully saturated rings. The molecular weight excluding hydrogens is 1210 g/mol. The van der Waals surface area contributed by atoms with Gasteiger partial charge in [0.2, 0.25) is 18.2 Å². The molecule has 2 bridgehead atoms. The molecule has 24 heteroatoms. The number of sulfonamides is 1. The van der Waals surface area contributed by atoms with Crippen LogP contribution in [0.25, 0.3) is 0 Å². The van der Waals surface area contributed by atoms with Crippen molar-refractivity contribution in [2.24, 2.45) is 16.2 Å². The van der Waals surface area contributed by atoms with E-state index in [-0.39, 0.29) is 47.6 Å². The predicted molar refractivity (Wildman–Crippen MR) is 329 cm³/mol. The number of anilines is 2. The lowest BCUT2D eigenvalue weighted by atomic mass is 9.32. The maximum absolute atomic E-state index is 14.5. The number of halogens is 5. The van der Waals surface area contributed by atoms with Gasteiger partial charge in [0.05, 0.1) is 10.6 Å². The number of nitrogens with zero attached hydrogens (tertiary/aromatic N) is 5. The number of thioether (sulfide) groups is 1. The van der Waals surface area contributed by atoms with Crippen LogP contribution in [0, 0.1) is 28.1 Å². The number of piperidine rings is 1. The summed E-state index contributed by atoms with van der Waals surface area (Å²) >= 11 is 1.43. The number of carbonyl (C=O) groups excluding carboxylic acids is 4. The van der Waals surface area contributed by atoms with Crippen molar-refractivity contribution in [3.05, 3.63) is 124 Å². The molecule has 3 saturated carbocycles. The summed E-state index contributed by atoms with van der Waals surface area (Å²) in [5, 5.41) is 5.37. The van der Waals surface area contributed by atoms with Gasteiger partial charge in [0, 0.05) is 129 Å². The van der Waals surface area contributed by atoms with Crippen LogP contribution in [-0.2, 0) is 36.0 Å². The number of unbranched alkanes of at least 4 members (excludes halogenated alkanes) is 1. The van der Waals surface area contributed by atoms with Crippen molar-refractivity contribution in [2.45, 2.75) is 130 Å². The molecule has 0 aromatic heterocycles. The maximum Gasteiger partial charge on any atom is 0.501 e. The molecule has 0 spiro atoms. The second-order valence-electron chi connectivity index (χ2n) is 25.8. The van der Waals surface area contributed by atoms with Crippen LogP contribution >= 0.6 is 11.8 Å². The van der Waals surface area contributed by atoms with Crippen LogP contribution in [0.15, 0.2) is 117 Å². The highest BCUT2D eigenvalue weighted by atomic mass is 32.2. The number of sulfone groups is 1. The third-order valence-electron chi connectivity index (χ3n) is 19.1. The first-order valence-corrected chi connectivity index (χ1v) is 34.5. The van der Waals surface area contributed by atoms with Crippen LogP contribution in [0.1, 0.15) is 116 Å². The molecule has 3 N–H and O–H groups in total. The van der Waals surface area contributed by atoms with Crippen molar-refractivity contribution in [1.29, 1.82) is 0 Å². The Hall–Kier alpha value is -6.36. The quantitative estimate of drug-likeness (QED) is 0.0179. The number of carbonyl (C=O) groups is 4. The summed E-state index contributed by atoms with van der Waals surface area (Å²) in [6.07, 6.45) is 4.67. The molecule has 4 aliphatic carbocycles. The first-order valence-electron chi connectivity index (χ1n) is 30.6. The topological polar surface area (TPSA) is 189 Å². The van der Waals surface area contributed by atoms with Gasteiger partial charge in [-0.1, -0.05) is 61.1 Å².